The van der Waals surface area contributed by atoms with Gasteiger partial charge in [0.2, 0.25) is 0 Å². The number of Topliss-reactive ketones (excluding diaryl/α,β-unsaturated/α-hetero) is 1. The summed E-state index contributed by atoms with van der Waals surface area (Å²) in [5.41, 5.74) is 3.73. The Morgan fingerprint density at radius 1 is 0.583 bits per heavy atom. The number of thiol groups is 2. The first-order chi connectivity index (χ1) is 29.3. The number of carbonyl (C=O) groups excluding carboxylic acids is 1. The summed E-state index contributed by atoms with van der Waals surface area (Å²) in [5.74, 6) is 11.9. The standard InChI is InChI=1S/C26H37FS2.C24H33FO.C3H8S2/c1-2-4-18-7-9-19(10-8-18)20-11-13-21(14-12-20)23-17-22-5-3-6-24(27)25(22)26(23)28-15-16-29-26;1-2-4-16-7-9-17(10-8-16)18-11-13-19(14-12-18)21-15-20-5-3-6-22(25)23(20)24(21)26;4-2-1-3-5/h3,5-6,18-21,23H,2,4,7-17H2,1H3;3,5-6,16-19,21H,2,4,7-15H2,1H3;4-5H,1-3H2. The molecule has 1 nitrogen and oxygen atoms in total. The lowest BCUT2D eigenvalue weighted by Crippen LogP contribution is -2.34. The number of halogens is 2. The van der Waals surface area contributed by atoms with Gasteiger partial charge in [-0.2, -0.15) is 25.3 Å². The van der Waals surface area contributed by atoms with Crippen molar-refractivity contribution in [3.63, 3.8) is 0 Å². The highest BCUT2D eigenvalue weighted by molar-refractivity contribution is 8.20. The molecule has 1 heterocycles. The highest BCUT2D eigenvalue weighted by Crippen LogP contribution is 2.65. The van der Waals surface area contributed by atoms with Crippen molar-refractivity contribution in [1.29, 1.82) is 0 Å². The van der Waals surface area contributed by atoms with Gasteiger partial charge in [-0.3, -0.25) is 4.79 Å². The van der Waals surface area contributed by atoms with E-state index in [9.17, 15) is 13.6 Å². The zero-order chi connectivity index (χ0) is 42.1. The Balaban J connectivity index is 0.000000164. The number of hydrogen-bond donors (Lipinski definition) is 2. The van der Waals surface area contributed by atoms with E-state index in [1.165, 1.54) is 152 Å². The van der Waals surface area contributed by atoms with Crippen molar-refractivity contribution in [2.24, 2.45) is 59.2 Å². The van der Waals surface area contributed by atoms with E-state index >= 15 is 0 Å². The maximum absolute atomic E-state index is 14.9. The van der Waals surface area contributed by atoms with Gasteiger partial charge in [0, 0.05) is 23.0 Å². The lowest BCUT2D eigenvalue weighted by atomic mass is 9.66. The molecule has 0 radical (unpaired) electrons. The summed E-state index contributed by atoms with van der Waals surface area (Å²) < 4.78 is 29.0. The first-order valence-corrected chi connectivity index (χ1v) is 28.1. The minimum atomic E-state index is -0.312. The van der Waals surface area contributed by atoms with E-state index in [2.05, 4.69) is 68.7 Å². The average Bonchev–Trinajstić information content (AvgIpc) is 3.99. The maximum Gasteiger partial charge on any atom is 0.169 e. The normalized spacial score (nSPS) is 33.3. The largest absolute Gasteiger partial charge is 0.294 e. The van der Waals surface area contributed by atoms with Gasteiger partial charge in [-0.05, 0) is 184 Å². The minimum absolute atomic E-state index is 0.0242. The van der Waals surface area contributed by atoms with Crippen molar-refractivity contribution in [2.75, 3.05) is 23.0 Å². The number of thioether (sulfide) groups is 2. The SMILES string of the molecule is CCCC1CCC(C2CCC(C3Cc4cccc(F)c4C34SCCS4)CC2)CC1.CCCC1CCC(C2CCC(C3Cc4cccc(F)c4C3=O)CC2)CC1.SCCCS. The van der Waals surface area contributed by atoms with Gasteiger partial charge in [-0.25, -0.2) is 8.78 Å². The number of rotatable bonds is 10. The number of fused-ring (bicyclic) bond motifs is 3. The molecule has 7 heteroatoms. The zero-order valence-corrected chi connectivity index (χ0v) is 40.6. The summed E-state index contributed by atoms with van der Waals surface area (Å²) in [4.78, 5) is 12.8. The van der Waals surface area contributed by atoms with Gasteiger partial charge in [0.15, 0.2) is 5.78 Å². The third kappa shape index (κ3) is 11.1. The topological polar surface area (TPSA) is 17.1 Å². The molecule has 1 spiro atoms. The molecule has 60 heavy (non-hydrogen) atoms. The molecule has 0 aromatic heterocycles. The summed E-state index contributed by atoms with van der Waals surface area (Å²) in [6, 6.07) is 11.0. The number of ketones is 1. The van der Waals surface area contributed by atoms with Crippen LogP contribution in [0.2, 0.25) is 0 Å². The Morgan fingerprint density at radius 3 is 1.50 bits per heavy atom. The van der Waals surface area contributed by atoms with Crippen LogP contribution in [0.15, 0.2) is 36.4 Å². The molecular formula is C53H78F2OS4. The van der Waals surface area contributed by atoms with Crippen molar-refractivity contribution in [3.8, 4) is 0 Å². The van der Waals surface area contributed by atoms with Crippen LogP contribution in [0, 0.1) is 70.8 Å². The molecule has 0 amide bonds. The molecule has 1 aliphatic heterocycles. The predicted octanol–water partition coefficient (Wildman–Crippen LogP) is 15.9. The summed E-state index contributed by atoms with van der Waals surface area (Å²) >= 11 is 12.0. The first kappa shape index (κ1) is 47.3. The molecule has 7 aliphatic rings. The van der Waals surface area contributed by atoms with Crippen LogP contribution in [-0.2, 0) is 16.9 Å². The number of benzene rings is 2. The number of hydrogen-bond acceptors (Lipinski definition) is 5. The fourth-order valence-electron chi connectivity index (χ4n) is 13.7. The molecular weight excluding hydrogens is 819 g/mol. The monoisotopic (exact) mass is 896 g/mol. The molecule has 2 aromatic carbocycles. The lowest BCUT2D eigenvalue weighted by molar-refractivity contribution is 0.0808. The van der Waals surface area contributed by atoms with Crippen molar-refractivity contribution < 1.29 is 13.6 Å². The van der Waals surface area contributed by atoms with E-state index in [1.807, 2.05) is 12.1 Å². The Hall–Kier alpha value is -0.630. The molecule has 6 aliphatic carbocycles. The van der Waals surface area contributed by atoms with Crippen LogP contribution in [0.4, 0.5) is 8.78 Å². The molecule has 0 bridgehead atoms. The van der Waals surface area contributed by atoms with Gasteiger partial charge in [0.1, 0.15) is 11.6 Å². The molecule has 2 unspecified atom stereocenters. The van der Waals surface area contributed by atoms with Gasteiger partial charge in [-0.15, -0.1) is 23.5 Å². The Morgan fingerprint density at radius 2 is 1.03 bits per heavy atom. The second kappa shape index (κ2) is 23.0. The van der Waals surface area contributed by atoms with Gasteiger partial charge in [0.05, 0.1) is 9.64 Å². The van der Waals surface area contributed by atoms with Crippen molar-refractivity contribution in [3.05, 3.63) is 70.3 Å². The van der Waals surface area contributed by atoms with E-state index in [1.54, 1.807) is 12.1 Å². The van der Waals surface area contributed by atoms with Crippen LogP contribution < -0.4 is 0 Å². The first-order valence-electron chi connectivity index (χ1n) is 24.9. The summed E-state index contributed by atoms with van der Waals surface area (Å²) in [7, 11) is 0. The van der Waals surface area contributed by atoms with Crippen molar-refractivity contribution in [2.45, 2.75) is 166 Å². The quantitative estimate of drug-likeness (QED) is 0.232. The summed E-state index contributed by atoms with van der Waals surface area (Å²) in [5, 5.41) is 0. The smallest absolute Gasteiger partial charge is 0.169 e. The van der Waals surface area contributed by atoms with Crippen molar-refractivity contribution >= 4 is 54.6 Å². The second-order valence-electron chi connectivity index (χ2n) is 20.2. The minimum Gasteiger partial charge on any atom is -0.294 e. The molecule has 4 saturated carbocycles. The third-order valence-electron chi connectivity index (χ3n) is 16.8. The van der Waals surface area contributed by atoms with Crippen molar-refractivity contribution in [1.82, 2.24) is 0 Å². The van der Waals surface area contributed by atoms with E-state index in [-0.39, 0.29) is 27.4 Å². The second-order valence-corrected chi connectivity index (χ2v) is 24.0. The summed E-state index contributed by atoms with van der Waals surface area (Å²) in [6.45, 7) is 4.65. The van der Waals surface area contributed by atoms with Crippen LogP contribution in [0.25, 0.3) is 0 Å². The zero-order valence-electron chi connectivity index (χ0n) is 37.2. The molecule has 9 rings (SSSR count). The van der Waals surface area contributed by atoms with Gasteiger partial charge < -0.3 is 0 Å². The Bertz CT molecular complexity index is 1630. The lowest BCUT2D eigenvalue weighted by Gasteiger charge is -2.42. The molecule has 2 atom stereocenters. The molecule has 5 fully saturated rings. The van der Waals surface area contributed by atoms with Gasteiger partial charge >= 0.3 is 0 Å². The van der Waals surface area contributed by atoms with Crippen LogP contribution >= 0.6 is 48.8 Å². The maximum atomic E-state index is 14.9. The molecule has 334 valence electrons. The Labute approximate surface area is 383 Å². The van der Waals surface area contributed by atoms with Gasteiger partial charge in [0.25, 0.3) is 0 Å². The predicted molar refractivity (Wildman–Crippen MR) is 262 cm³/mol. The fourth-order valence-corrected chi connectivity index (χ4v) is 18.1. The van der Waals surface area contributed by atoms with E-state index in [0.717, 1.165) is 83.3 Å². The Kier molecular flexibility index (Phi) is 18.2. The highest BCUT2D eigenvalue weighted by Gasteiger charge is 2.54. The molecule has 2 aromatic rings. The van der Waals surface area contributed by atoms with Crippen LogP contribution in [-0.4, -0.2) is 28.8 Å². The van der Waals surface area contributed by atoms with E-state index in [0.29, 0.717) is 17.4 Å². The molecule has 0 N–H and O–H groups in total. The summed E-state index contributed by atoms with van der Waals surface area (Å²) in [6.07, 6.45) is 30.9. The van der Waals surface area contributed by atoms with Crippen LogP contribution in [0.5, 0.6) is 0 Å². The third-order valence-corrected chi connectivity index (χ3v) is 21.1. The van der Waals surface area contributed by atoms with E-state index in [4.69, 9.17) is 0 Å². The van der Waals surface area contributed by atoms with Crippen LogP contribution in [0.1, 0.15) is 176 Å². The van der Waals surface area contributed by atoms with Crippen LogP contribution in [0.3, 0.4) is 0 Å². The van der Waals surface area contributed by atoms with Gasteiger partial charge in [-0.1, -0.05) is 89.5 Å². The average molecular weight is 897 g/mol. The highest BCUT2D eigenvalue weighted by atomic mass is 32.2. The van der Waals surface area contributed by atoms with E-state index < -0.39 is 0 Å². The fraction of sp³-hybridized carbons (Fsp3) is 0.755. The number of carbonyl (C=O) groups is 1. The molecule has 1 saturated heterocycles.